The van der Waals surface area contributed by atoms with Gasteiger partial charge >= 0.3 is 5.97 Å². The fourth-order valence-corrected chi connectivity index (χ4v) is 2.43. The molecule has 5 nitrogen and oxygen atoms in total. The molecule has 5 heteroatoms. The van der Waals surface area contributed by atoms with Crippen molar-refractivity contribution in [3.05, 3.63) is 0 Å². The summed E-state index contributed by atoms with van der Waals surface area (Å²) in [5.74, 6) is -2.97. The first-order valence-corrected chi connectivity index (χ1v) is 6.92. The first kappa shape index (κ1) is 16.5. The average molecular weight is 281 g/mol. The van der Waals surface area contributed by atoms with Crippen molar-refractivity contribution < 1.29 is 19.1 Å². The van der Waals surface area contributed by atoms with Crippen molar-refractivity contribution >= 4 is 23.8 Å². The van der Waals surface area contributed by atoms with Crippen molar-refractivity contribution in [1.82, 2.24) is 0 Å². The molecule has 0 spiro atoms. The number of methoxy groups -OCH3 is 1. The number of carbonyl (C=O) groups is 3. The highest BCUT2D eigenvalue weighted by molar-refractivity contribution is 6.21. The quantitative estimate of drug-likeness (QED) is 0.447. The Balaban J connectivity index is 3.05. The Bertz CT molecular complexity index is 439. The molecule has 1 saturated carbocycles. The lowest BCUT2D eigenvalue weighted by atomic mass is 9.64. The van der Waals surface area contributed by atoms with E-state index in [1.807, 2.05) is 13.8 Å². The summed E-state index contributed by atoms with van der Waals surface area (Å²) < 4.78 is 4.71. The highest BCUT2D eigenvalue weighted by atomic mass is 16.5. The molecule has 0 radical (unpaired) electrons. The fourth-order valence-electron chi connectivity index (χ4n) is 2.43. The SMILES string of the molecule is CC[C@@H](C)N=CC1C(=O)CC(C)(C)[C@H](C(=O)OC)C1=O. The summed E-state index contributed by atoms with van der Waals surface area (Å²) in [6.07, 6.45) is 2.41. The molecule has 3 atom stereocenters. The van der Waals surface area contributed by atoms with Gasteiger partial charge in [-0.25, -0.2) is 0 Å². The third kappa shape index (κ3) is 3.32. The van der Waals surface area contributed by atoms with Crippen LogP contribution >= 0.6 is 0 Å². The van der Waals surface area contributed by atoms with E-state index in [0.717, 1.165) is 6.42 Å². The molecule has 0 aromatic rings. The number of ether oxygens (including phenoxy) is 1. The van der Waals surface area contributed by atoms with E-state index in [1.54, 1.807) is 13.8 Å². The van der Waals surface area contributed by atoms with Crippen LogP contribution in [0.2, 0.25) is 0 Å². The van der Waals surface area contributed by atoms with Gasteiger partial charge in [-0.05, 0) is 18.8 Å². The minimum atomic E-state index is -0.916. The molecule has 0 heterocycles. The topological polar surface area (TPSA) is 72.8 Å². The zero-order chi connectivity index (χ0) is 15.5. The number of hydrogen-bond donors (Lipinski definition) is 0. The Morgan fingerprint density at radius 3 is 2.60 bits per heavy atom. The lowest BCUT2D eigenvalue weighted by molar-refractivity contribution is -0.159. The van der Waals surface area contributed by atoms with Crippen molar-refractivity contribution in [2.45, 2.75) is 46.6 Å². The Morgan fingerprint density at radius 1 is 1.50 bits per heavy atom. The number of nitrogens with zero attached hydrogens (tertiary/aromatic N) is 1. The minimum Gasteiger partial charge on any atom is -0.468 e. The Labute approximate surface area is 119 Å². The second-order valence-electron chi connectivity index (χ2n) is 6.02. The molecule has 1 rings (SSSR count). The van der Waals surface area contributed by atoms with Crippen LogP contribution in [0.1, 0.15) is 40.5 Å². The van der Waals surface area contributed by atoms with E-state index >= 15 is 0 Å². The van der Waals surface area contributed by atoms with E-state index in [-0.39, 0.29) is 18.2 Å². The molecule has 0 N–H and O–H groups in total. The Kier molecular flexibility index (Phi) is 5.20. The molecule has 1 aliphatic rings. The van der Waals surface area contributed by atoms with Gasteiger partial charge in [-0.3, -0.25) is 19.4 Å². The summed E-state index contributed by atoms with van der Waals surface area (Å²) in [7, 11) is 1.25. The summed E-state index contributed by atoms with van der Waals surface area (Å²) >= 11 is 0. The van der Waals surface area contributed by atoms with Crippen LogP contribution in [0.25, 0.3) is 0 Å². The summed E-state index contributed by atoms with van der Waals surface area (Å²) in [4.78, 5) is 40.6. The van der Waals surface area contributed by atoms with Gasteiger partial charge in [0.15, 0.2) is 5.78 Å². The van der Waals surface area contributed by atoms with E-state index in [0.29, 0.717) is 0 Å². The smallest absolute Gasteiger partial charge is 0.316 e. The summed E-state index contributed by atoms with van der Waals surface area (Å²) in [6, 6.07) is 0.0575. The maximum Gasteiger partial charge on any atom is 0.316 e. The first-order valence-electron chi connectivity index (χ1n) is 6.92. The van der Waals surface area contributed by atoms with E-state index in [9.17, 15) is 14.4 Å². The van der Waals surface area contributed by atoms with Crippen LogP contribution in [-0.4, -0.2) is 36.9 Å². The average Bonchev–Trinajstić information content (AvgIpc) is 2.36. The molecule has 0 aliphatic heterocycles. The lowest BCUT2D eigenvalue weighted by Gasteiger charge is -2.37. The highest BCUT2D eigenvalue weighted by Gasteiger charge is 2.51. The largest absolute Gasteiger partial charge is 0.468 e. The molecule has 1 unspecified atom stereocenters. The molecule has 1 fully saturated rings. The van der Waals surface area contributed by atoms with Crippen molar-refractivity contribution in [2.24, 2.45) is 22.2 Å². The zero-order valence-electron chi connectivity index (χ0n) is 12.8. The summed E-state index contributed by atoms with van der Waals surface area (Å²) in [5.41, 5.74) is -0.706. The number of hydrogen-bond acceptors (Lipinski definition) is 5. The van der Waals surface area contributed by atoms with Gasteiger partial charge in [0.25, 0.3) is 0 Å². The van der Waals surface area contributed by atoms with E-state index in [4.69, 9.17) is 4.74 Å². The maximum absolute atomic E-state index is 12.4. The van der Waals surface area contributed by atoms with Crippen LogP contribution in [0.5, 0.6) is 0 Å². The van der Waals surface area contributed by atoms with Gasteiger partial charge in [-0.2, -0.15) is 0 Å². The Morgan fingerprint density at radius 2 is 2.10 bits per heavy atom. The number of aliphatic imine (C=N–C) groups is 1. The van der Waals surface area contributed by atoms with Crippen molar-refractivity contribution in [3.8, 4) is 0 Å². The molecule has 0 bridgehead atoms. The van der Waals surface area contributed by atoms with Crippen LogP contribution < -0.4 is 0 Å². The zero-order valence-corrected chi connectivity index (χ0v) is 12.8. The molecule has 0 aromatic heterocycles. The maximum atomic E-state index is 12.4. The lowest BCUT2D eigenvalue weighted by Crippen LogP contribution is -2.50. The number of ketones is 2. The van der Waals surface area contributed by atoms with Crippen LogP contribution in [0.15, 0.2) is 4.99 Å². The molecule has 20 heavy (non-hydrogen) atoms. The summed E-state index contributed by atoms with van der Waals surface area (Å²) in [5, 5.41) is 0. The van der Waals surface area contributed by atoms with Crippen LogP contribution in [0.4, 0.5) is 0 Å². The minimum absolute atomic E-state index is 0.0575. The van der Waals surface area contributed by atoms with Crippen LogP contribution in [0, 0.1) is 17.3 Å². The second kappa shape index (κ2) is 6.29. The Hall–Kier alpha value is -1.52. The molecule has 0 aromatic carbocycles. The molecule has 0 saturated heterocycles. The van der Waals surface area contributed by atoms with Crippen LogP contribution in [-0.2, 0) is 19.1 Å². The summed E-state index contributed by atoms with van der Waals surface area (Å²) in [6.45, 7) is 7.38. The van der Waals surface area contributed by atoms with E-state index in [1.165, 1.54) is 13.3 Å². The normalized spacial score (nSPS) is 27.6. The number of Topliss-reactive ketones (excluding diaryl/α,β-unsaturated/α-hetero) is 2. The standard InChI is InChI=1S/C15H23NO4/c1-6-9(2)16-8-10-11(17)7-15(3,4)12(13(10)18)14(19)20-5/h8-10,12H,6-7H2,1-5H3/t9-,10?,12+/m1/s1. The predicted molar refractivity (Wildman–Crippen MR) is 75.7 cm³/mol. The van der Waals surface area contributed by atoms with Crippen molar-refractivity contribution in [2.75, 3.05) is 7.11 Å². The number of esters is 1. The van der Waals surface area contributed by atoms with Gasteiger partial charge in [0.2, 0.25) is 0 Å². The molecular weight excluding hydrogens is 258 g/mol. The van der Waals surface area contributed by atoms with Gasteiger partial charge in [0.1, 0.15) is 17.6 Å². The predicted octanol–water partition coefficient (Wildman–Crippen LogP) is 1.83. The monoisotopic (exact) mass is 281 g/mol. The molecule has 0 amide bonds. The first-order chi connectivity index (χ1) is 9.24. The number of rotatable bonds is 4. The van der Waals surface area contributed by atoms with E-state index < -0.39 is 29.0 Å². The van der Waals surface area contributed by atoms with Gasteiger partial charge in [0.05, 0.1) is 7.11 Å². The van der Waals surface area contributed by atoms with Gasteiger partial charge < -0.3 is 4.74 Å². The van der Waals surface area contributed by atoms with Gasteiger partial charge in [-0.1, -0.05) is 20.8 Å². The highest BCUT2D eigenvalue weighted by Crippen LogP contribution is 2.39. The molecule has 112 valence electrons. The van der Waals surface area contributed by atoms with Crippen molar-refractivity contribution in [1.29, 1.82) is 0 Å². The van der Waals surface area contributed by atoms with Crippen molar-refractivity contribution in [3.63, 3.8) is 0 Å². The van der Waals surface area contributed by atoms with Crippen LogP contribution in [0.3, 0.4) is 0 Å². The fraction of sp³-hybridized carbons (Fsp3) is 0.733. The van der Waals surface area contributed by atoms with Gasteiger partial charge in [-0.15, -0.1) is 0 Å². The number of carbonyl (C=O) groups excluding carboxylic acids is 3. The third-order valence-corrected chi connectivity index (χ3v) is 3.87. The third-order valence-electron chi connectivity index (χ3n) is 3.87. The van der Waals surface area contributed by atoms with E-state index in [2.05, 4.69) is 4.99 Å². The van der Waals surface area contributed by atoms with Gasteiger partial charge in [0, 0.05) is 18.7 Å². The molecule has 1 aliphatic carbocycles. The second-order valence-corrected chi connectivity index (χ2v) is 6.02. The molecular formula is C15H23NO4.